The highest BCUT2D eigenvalue weighted by Crippen LogP contribution is 2.23. The molecule has 336 valence electrons. The van der Waals surface area contributed by atoms with Crippen molar-refractivity contribution in [2.75, 3.05) is 32.8 Å². The Hall–Kier alpha value is -1.63. The van der Waals surface area contributed by atoms with Crippen molar-refractivity contribution in [3.8, 4) is 0 Å². The molecular weight excluding hydrogens is 709 g/mol. The number of hydrogen-bond donors (Lipinski definition) is 1. The smallest absolute Gasteiger partial charge is 0.305 e. The van der Waals surface area contributed by atoms with Gasteiger partial charge < -0.3 is 19.7 Å². The maximum atomic E-state index is 12.9. The number of carbonyl (C=O) groups is 3. The van der Waals surface area contributed by atoms with Crippen molar-refractivity contribution in [1.82, 2.24) is 10.2 Å². The van der Waals surface area contributed by atoms with E-state index in [0.717, 1.165) is 96.7 Å². The number of ether oxygens (including phenoxy) is 2. The average molecular weight is 805 g/mol. The second kappa shape index (κ2) is 39.8. The monoisotopic (exact) mass is 805 g/mol. The van der Waals surface area contributed by atoms with E-state index in [2.05, 4.69) is 37.9 Å². The predicted octanol–water partition coefficient (Wildman–Crippen LogP) is 13.8. The van der Waals surface area contributed by atoms with Crippen molar-refractivity contribution in [3.05, 3.63) is 0 Å². The van der Waals surface area contributed by atoms with Gasteiger partial charge in [0.1, 0.15) is 0 Å². The molecule has 1 fully saturated rings. The Morgan fingerprint density at radius 2 is 0.825 bits per heavy atom. The van der Waals surface area contributed by atoms with Gasteiger partial charge in [0, 0.05) is 31.8 Å². The lowest BCUT2D eigenvalue weighted by Gasteiger charge is -2.20. The van der Waals surface area contributed by atoms with Gasteiger partial charge >= 0.3 is 11.9 Å². The highest BCUT2D eigenvalue weighted by molar-refractivity contribution is 5.76. The minimum atomic E-state index is -0.0337. The minimum Gasteiger partial charge on any atom is -0.466 e. The molecular formula is C50H96N2O5. The summed E-state index contributed by atoms with van der Waals surface area (Å²) in [5, 5.41) is 3.40. The van der Waals surface area contributed by atoms with E-state index in [0.29, 0.717) is 44.3 Å². The van der Waals surface area contributed by atoms with Gasteiger partial charge in [0.05, 0.1) is 13.2 Å². The third-order valence-electron chi connectivity index (χ3n) is 12.5. The number of likely N-dealkylation sites (tertiary alicyclic amines) is 1. The lowest BCUT2D eigenvalue weighted by atomic mass is 9.92. The summed E-state index contributed by atoms with van der Waals surface area (Å²) in [4.78, 5) is 40.2. The summed E-state index contributed by atoms with van der Waals surface area (Å²) in [6.45, 7) is 13.3. The molecule has 0 bridgehead atoms. The zero-order valence-corrected chi connectivity index (χ0v) is 38.5. The van der Waals surface area contributed by atoms with Crippen LogP contribution >= 0.6 is 0 Å². The van der Waals surface area contributed by atoms with E-state index < -0.39 is 0 Å². The summed E-state index contributed by atoms with van der Waals surface area (Å²) in [6, 6.07) is 0.233. The number of rotatable bonds is 42. The molecule has 1 rings (SSSR count). The SMILES string of the molecule is CCCCCC(CCCCC)CCOC(=O)CCCCCCCCC(CCCCCCC(=O)OCCC(CCCCC)CCCCC)NC(=O)CCN1CCCC1. The zero-order chi connectivity index (χ0) is 41.4. The molecule has 57 heavy (non-hydrogen) atoms. The standard InChI is InChI=1S/C50H96N2O5/c1-5-9-19-29-45(30-20-10-6-2)38-43-56-49(54)35-25-16-14-13-15-23-33-47(51-48(53)37-42-52-40-27-28-41-52)34-24-17-18-26-36-50(55)57-44-39-46(31-21-11-7-3)32-22-12-8-4/h45-47H,5-44H2,1-4H3,(H,51,53). The van der Waals surface area contributed by atoms with Crippen LogP contribution in [0.25, 0.3) is 0 Å². The molecule has 7 heteroatoms. The van der Waals surface area contributed by atoms with Crippen molar-refractivity contribution < 1.29 is 23.9 Å². The molecule has 0 spiro atoms. The van der Waals surface area contributed by atoms with E-state index in [1.54, 1.807) is 0 Å². The van der Waals surface area contributed by atoms with E-state index in [-0.39, 0.29) is 23.9 Å². The van der Waals surface area contributed by atoms with Crippen LogP contribution in [0.1, 0.15) is 252 Å². The maximum absolute atomic E-state index is 12.9. The van der Waals surface area contributed by atoms with Gasteiger partial charge in [-0.25, -0.2) is 0 Å². The summed E-state index contributed by atoms with van der Waals surface area (Å²) in [5.74, 6) is 1.54. The molecule has 0 saturated carbocycles. The fourth-order valence-electron chi connectivity index (χ4n) is 8.66. The van der Waals surface area contributed by atoms with Crippen LogP contribution in [0.2, 0.25) is 0 Å². The molecule has 0 radical (unpaired) electrons. The topological polar surface area (TPSA) is 84.9 Å². The van der Waals surface area contributed by atoms with Crippen molar-refractivity contribution in [2.45, 2.75) is 258 Å². The van der Waals surface area contributed by atoms with Gasteiger partial charge in [0.2, 0.25) is 5.91 Å². The summed E-state index contributed by atoms with van der Waals surface area (Å²) in [6.07, 6.45) is 39.5. The Bertz CT molecular complexity index is 902. The Morgan fingerprint density at radius 1 is 0.456 bits per heavy atom. The Morgan fingerprint density at radius 3 is 1.23 bits per heavy atom. The molecule has 1 N–H and O–H groups in total. The molecule has 1 amide bonds. The second-order valence-electron chi connectivity index (χ2n) is 17.9. The van der Waals surface area contributed by atoms with Crippen LogP contribution in [0.3, 0.4) is 0 Å². The molecule has 7 nitrogen and oxygen atoms in total. The third-order valence-corrected chi connectivity index (χ3v) is 12.5. The highest BCUT2D eigenvalue weighted by atomic mass is 16.5. The lowest BCUT2D eigenvalue weighted by molar-refractivity contribution is -0.145. The van der Waals surface area contributed by atoms with E-state index in [1.807, 2.05) is 0 Å². The zero-order valence-electron chi connectivity index (χ0n) is 38.5. The molecule has 1 aliphatic rings. The number of nitrogens with one attached hydrogen (secondary N) is 1. The number of hydrogen-bond acceptors (Lipinski definition) is 6. The first-order valence-electron chi connectivity index (χ1n) is 25.2. The van der Waals surface area contributed by atoms with Gasteiger partial charge in [-0.05, 0) is 76.3 Å². The molecule has 1 saturated heterocycles. The van der Waals surface area contributed by atoms with E-state index in [9.17, 15) is 14.4 Å². The Balaban J connectivity index is 2.28. The van der Waals surface area contributed by atoms with Crippen LogP contribution in [0.4, 0.5) is 0 Å². The van der Waals surface area contributed by atoms with E-state index >= 15 is 0 Å². The predicted molar refractivity (Wildman–Crippen MR) is 242 cm³/mol. The van der Waals surface area contributed by atoms with Crippen LogP contribution in [0.5, 0.6) is 0 Å². The van der Waals surface area contributed by atoms with E-state index in [4.69, 9.17) is 9.47 Å². The van der Waals surface area contributed by atoms with Gasteiger partial charge in [-0.1, -0.05) is 182 Å². The van der Waals surface area contributed by atoms with Crippen LogP contribution < -0.4 is 5.32 Å². The first-order valence-corrected chi connectivity index (χ1v) is 25.2. The van der Waals surface area contributed by atoms with Crippen molar-refractivity contribution in [2.24, 2.45) is 11.8 Å². The van der Waals surface area contributed by atoms with Crippen LogP contribution in [-0.4, -0.2) is 61.6 Å². The summed E-state index contributed by atoms with van der Waals surface area (Å²) >= 11 is 0. The van der Waals surface area contributed by atoms with Gasteiger partial charge in [0.15, 0.2) is 0 Å². The number of esters is 2. The van der Waals surface area contributed by atoms with Crippen LogP contribution in [0.15, 0.2) is 0 Å². The van der Waals surface area contributed by atoms with Crippen molar-refractivity contribution in [3.63, 3.8) is 0 Å². The molecule has 0 aromatic rings. The van der Waals surface area contributed by atoms with Gasteiger partial charge in [-0.15, -0.1) is 0 Å². The van der Waals surface area contributed by atoms with Gasteiger partial charge in [-0.2, -0.15) is 0 Å². The fourth-order valence-corrected chi connectivity index (χ4v) is 8.66. The van der Waals surface area contributed by atoms with Crippen LogP contribution in [0, 0.1) is 11.8 Å². The molecule has 1 heterocycles. The number of unbranched alkanes of at least 4 members (excludes halogenated alkanes) is 16. The number of nitrogens with zero attached hydrogens (tertiary/aromatic N) is 1. The first-order chi connectivity index (χ1) is 27.9. The lowest BCUT2D eigenvalue weighted by Crippen LogP contribution is -2.36. The van der Waals surface area contributed by atoms with Crippen molar-refractivity contribution in [1.29, 1.82) is 0 Å². The highest BCUT2D eigenvalue weighted by Gasteiger charge is 2.17. The molecule has 1 aliphatic heterocycles. The Kier molecular flexibility index (Phi) is 37.3. The molecule has 0 aromatic carbocycles. The largest absolute Gasteiger partial charge is 0.466 e. The number of amides is 1. The third kappa shape index (κ3) is 33.9. The fraction of sp³-hybridized carbons (Fsp3) is 0.940. The normalized spacial score (nSPS) is 13.8. The molecule has 0 aliphatic carbocycles. The Labute approximate surface area is 354 Å². The molecule has 1 unspecified atom stereocenters. The minimum absolute atomic E-state index is 0.0196. The summed E-state index contributed by atoms with van der Waals surface area (Å²) in [7, 11) is 0. The van der Waals surface area contributed by atoms with E-state index in [1.165, 1.54) is 128 Å². The second-order valence-corrected chi connectivity index (χ2v) is 17.9. The van der Waals surface area contributed by atoms with Crippen LogP contribution in [-0.2, 0) is 23.9 Å². The van der Waals surface area contributed by atoms with Crippen molar-refractivity contribution >= 4 is 17.8 Å². The molecule has 0 aromatic heterocycles. The average Bonchev–Trinajstić information content (AvgIpc) is 3.73. The maximum Gasteiger partial charge on any atom is 0.305 e. The number of carbonyl (C=O) groups excluding carboxylic acids is 3. The molecule has 1 atom stereocenters. The van der Waals surface area contributed by atoms with Gasteiger partial charge in [-0.3, -0.25) is 14.4 Å². The first kappa shape index (κ1) is 53.4. The van der Waals surface area contributed by atoms with Gasteiger partial charge in [0.25, 0.3) is 0 Å². The summed E-state index contributed by atoms with van der Waals surface area (Å²) in [5.41, 5.74) is 0. The quantitative estimate of drug-likeness (QED) is 0.0489. The summed E-state index contributed by atoms with van der Waals surface area (Å²) < 4.78 is 11.3.